The van der Waals surface area contributed by atoms with Gasteiger partial charge in [-0.3, -0.25) is 4.79 Å². The van der Waals surface area contributed by atoms with Crippen LogP contribution in [-0.2, 0) is 11.4 Å². The molecule has 4 nitrogen and oxygen atoms in total. The molecule has 0 heterocycles. The fourth-order valence-electron chi connectivity index (χ4n) is 2.81. The summed E-state index contributed by atoms with van der Waals surface area (Å²) < 4.78 is 5.79. The Balaban J connectivity index is 1.70. The molecule has 0 saturated carbocycles. The van der Waals surface area contributed by atoms with Crippen LogP contribution < -0.4 is 10.1 Å². The molecule has 30 heavy (non-hydrogen) atoms. The third-order valence-electron chi connectivity index (χ3n) is 4.42. The smallest absolute Gasteiger partial charge is 0.266 e. The van der Waals surface area contributed by atoms with Gasteiger partial charge in [-0.2, -0.15) is 5.26 Å². The zero-order valence-electron chi connectivity index (χ0n) is 16.8. The second-order valence-corrected chi connectivity index (χ2v) is 7.36. The van der Waals surface area contributed by atoms with Crippen LogP contribution >= 0.6 is 11.6 Å². The Morgan fingerprint density at radius 3 is 2.50 bits per heavy atom. The van der Waals surface area contributed by atoms with E-state index in [1.165, 1.54) is 11.6 Å². The minimum absolute atomic E-state index is 0.0131. The van der Waals surface area contributed by atoms with Crippen molar-refractivity contribution < 1.29 is 9.53 Å². The zero-order chi connectivity index (χ0) is 21.5. The first-order valence-electron chi connectivity index (χ1n) is 9.42. The van der Waals surface area contributed by atoms with Crippen molar-refractivity contribution >= 4 is 29.3 Å². The second kappa shape index (κ2) is 9.78. The molecule has 3 rings (SSSR count). The number of hydrogen-bond donors (Lipinski definition) is 1. The van der Waals surface area contributed by atoms with E-state index in [0.717, 1.165) is 11.1 Å². The highest BCUT2D eigenvalue weighted by Crippen LogP contribution is 2.27. The highest BCUT2D eigenvalue weighted by Gasteiger charge is 2.11. The first-order chi connectivity index (χ1) is 14.4. The van der Waals surface area contributed by atoms with Crippen LogP contribution in [-0.4, -0.2) is 5.91 Å². The van der Waals surface area contributed by atoms with Crippen molar-refractivity contribution in [1.82, 2.24) is 0 Å². The average Bonchev–Trinajstić information content (AvgIpc) is 2.72. The molecule has 0 radical (unpaired) electrons. The van der Waals surface area contributed by atoms with E-state index in [0.29, 0.717) is 28.6 Å². The van der Waals surface area contributed by atoms with Crippen LogP contribution in [0.1, 0.15) is 22.3 Å². The molecule has 0 aliphatic rings. The van der Waals surface area contributed by atoms with E-state index in [-0.39, 0.29) is 5.57 Å². The number of benzene rings is 3. The first kappa shape index (κ1) is 21.2. The average molecular weight is 417 g/mol. The summed E-state index contributed by atoms with van der Waals surface area (Å²) in [5, 5.41) is 12.6. The van der Waals surface area contributed by atoms with Crippen molar-refractivity contribution in [3.8, 4) is 11.8 Å². The Morgan fingerprint density at radius 1 is 1.07 bits per heavy atom. The van der Waals surface area contributed by atoms with Gasteiger partial charge >= 0.3 is 0 Å². The van der Waals surface area contributed by atoms with E-state index in [1.54, 1.807) is 24.3 Å². The lowest BCUT2D eigenvalue weighted by Crippen LogP contribution is -2.13. The normalized spacial score (nSPS) is 10.9. The van der Waals surface area contributed by atoms with E-state index >= 15 is 0 Å². The quantitative estimate of drug-likeness (QED) is 0.391. The summed E-state index contributed by atoms with van der Waals surface area (Å²) in [6.45, 7) is 4.36. The standard InChI is InChI=1S/C25H21ClN2O2/c1-17-6-8-19(9-7-17)16-30-24-11-10-20(14-23(24)26)13-21(15-27)25(29)28-22-5-3-4-18(2)12-22/h3-14H,16H2,1-2H3,(H,28,29)/b21-13+. The molecular weight excluding hydrogens is 396 g/mol. The van der Waals surface area contributed by atoms with Crippen molar-refractivity contribution in [3.05, 3.63) is 99.6 Å². The molecule has 0 aromatic heterocycles. The molecular formula is C25H21ClN2O2. The van der Waals surface area contributed by atoms with Crippen LogP contribution in [0.4, 0.5) is 5.69 Å². The lowest BCUT2D eigenvalue weighted by Gasteiger charge is -2.09. The Labute approximate surface area is 181 Å². The molecule has 0 aliphatic carbocycles. The summed E-state index contributed by atoms with van der Waals surface area (Å²) in [4.78, 5) is 12.4. The fourth-order valence-corrected chi connectivity index (χ4v) is 3.05. The molecule has 3 aromatic carbocycles. The summed E-state index contributed by atoms with van der Waals surface area (Å²) in [5.41, 5.74) is 4.51. The van der Waals surface area contributed by atoms with Gasteiger partial charge in [0.2, 0.25) is 0 Å². The topological polar surface area (TPSA) is 62.1 Å². The molecule has 1 amide bonds. The van der Waals surface area contributed by atoms with Crippen LogP contribution in [0.25, 0.3) is 6.08 Å². The maximum Gasteiger partial charge on any atom is 0.266 e. The van der Waals surface area contributed by atoms with Gasteiger partial charge in [-0.15, -0.1) is 0 Å². The summed E-state index contributed by atoms with van der Waals surface area (Å²) in [7, 11) is 0. The number of anilines is 1. The van der Waals surface area contributed by atoms with Gasteiger partial charge in [-0.05, 0) is 60.9 Å². The van der Waals surface area contributed by atoms with Crippen molar-refractivity contribution in [2.24, 2.45) is 0 Å². The lowest BCUT2D eigenvalue weighted by molar-refractivity contribution is -0.112. The summed E-state index contributed by atoms with van der Waals surface area (Å²) in [6, 6.07) is 22.6. The number of nitrogens with zero attached hydrogens (tertiary/aromatic N) is 1. The molecule has 0 unspecified atom stereocenters. The number of halogens is 1. The third-order valence-corrected chi connectivity index (χ3v) is 4.72. The van der Waals surface area contributed by atoms with Gasteiger partial charge in [0, 0.05) is 5.69 Å². The molecule has 0 saturated heterocycles. The molecule has 0 fully saturated rings. The van der Waals surface area contributed by atoms with Gasteiger partial charge < -0.3 is 10.1 Å². The van der Waals surface area contributed by atoms with Gasteiger partial charge in [-0.25, -0.2) is 0 Å². The number of amides is 1. The monoisotopic (exact) mass is 416 g/mol. The van der Waals surface area contributed by atoms with E-state index in [2.05, 4.69) is 5.32 Å². The summed E-state index contributed by atoms with van der Waals surface area (Å²) in [6.07, 6.45) is 1.50. The van der Waals surface area contributed by atoms with Crippen LogP contribution in [0.3, 0.4) is 0 Å². The summed E-state index contributed by atoms with van der Waals surface area (Å²) in [5.74, 6) is 0.0658. The highest BCUT2D eigenvalue weighted by atomic mass is 35.5. The number of rotatable bonds is 6. The number of carbonyl (C=O) groups is 1. The van der Waals surface area contributed by atoms with E-state index in [9.17, 15) is 10.1 Å². The van der Waals surface area contributed by atoms with Crippen molar-refractivity contribution in [3.63, 3.8) is 0 Å². The first-order valence-corrected chi connectivity index (χ1v) is 9.80. The molecule has 0 atom stereocenters. The Morgan fingerprint density at radius 2 is 1.83 bits per heavy atom. The van der Waals surface area contributed by atoms with Gasteiger partial charge in [-0.1, -0.05) is 59.6 Å². The Bertz CT molecular complexity index is 1130. The maximum atomic E-state index is 12.4. The molecule has 0 spiro atoms. The van der Waals surface area contributed by atoms with Crippen molar-refractivity contribution in [2.75, 3.05) is 5.32 Å². The predicted octanol–water partition coefficient (Wildman–Crippen LogP) is 6.08. The maximum absolute atomic E-state index is 12.4. The van der Waals surface area contributed by atoms with E-state index in [1.807, 2.05) is 62.4 Å². The third kappa shape index (κ3) is 5.73. The Kier molecular flexibility index (Phi) is 6.90. The molecule has 0 bridgehead atoms. The number of aryl methyl sites for hydroxylation is 2. The van der Waals surface area contributed by atoms with E-state index in [4.69, 9.17) is 16.3 Å². The lowest BCUT2D eigenvalue weighted by atomic mass is 10.1. The van der Waals surface area contributed by atoms with Gasteiger partial charge in [0.1, 0.15) is 24.0 Å². The van der Waals surface area contributed by atoms with Gasteiger partial charge in [0.15, 0.2) is 0 Å². The largest absolute Gasteiger partial charge is 0.487 e. The number of ether oxygens (including phenoxy) is 1. The summed E-state index contributed by atoms with van der Waals surface area (Å²) >= 11 is 6.34. The van der Waals surface area contributed by atoms with Crippen molar-refractivity contribution in [1.29, 1.82) is 5.26 Å². The Hall–Kier alpha value is -3.55. The van der Waals surface area contributed by atoms with Crippen molar-refractivity contribution in [2.45, 2.75) is 20.5 Å². The highest BCUT2D eigenvalue weighted by molar-refractivity contribution is 6.32. The van der Waals surface area contributed by atoms with E-state index < -0.39 is 5.91 Å². The number of nitriles is 1. The second-order valence-electron chi connectivity index (χ2n) is 6.96. The predicted molar refractivity (Wildman–Crippen MR) is 120 cm³/mol. The number of hydrogen-bond acceptors (Lipinski definition) is 3. The SMILES string of the molecule is Cc1ccc(COc2ccc(/C=C(\C#N)C(=O)Nc3cccc(C)c3)cc2Cl)cc1. The molecule has 1 N–H and O–H groups in total. The minimum atomic E-state index is -0.473. The molecule has 0 aliphatic heterocycles. The van der Waals surface area contributed by atoms with Crippen LogP contribution in [0.2, 0.25) is 5.02 Å². The number of nitrogens with one attached hydrogen (secondary N) is 1. The van der Waals surface area contributed by atoms with Crippen LogP contribution in [0, 0.1) is 25.2 Å². The van der Waals surface area contributed by atoms with Gasteiger partial charge in [0.25, 0.3) is 5.91 Å². The molecule has 5 heteroatoms. The van der Waals surface area contributed by atoms with Gasteiger partial charge in [0.05, 0.1) is 5.02 Å². The van der Waals surface area contributed by atoms with Crippen LogP contribution in [0.15, 0.2) is 72.3 Å². The fraction of sp³-hybridized carbons (Fsp3) is 0.120. The zero-order valence-corrected chi connectivity index (χ0v) is 17.5. The molecule has 150 valence electrons. The molecule has 3 aromatic rings. The number of carbonyl (C=O) groups excluding carboxylic acids is 1. The minimum Gasteiger partial charge on any atom is -0.487 e. The van der Waals surface area contributed by atoms with Crippen LogP contribution in [0.5, 0.6) is 5.75 Å².